The summed E-state index contributed by atoms with van der Waals surface area (Å²) >= 11 is 11.7. The molecule has 2 rings (SSSR count). The van der Waals surface area contributed by atoms with Gasteiger partial charge in [0, 0.05) is 11.1 Å². The predicted molar refractivity (Wildman–Crippen MR) is 87.7 cm³/mol. The fraction of sp³-hybridized carbons (Fsp3) is 0.235. The maximum atomic E-state index is 9.81. The molecule has 0 atom stereocenters. The molecule has 114 valence electrons. The number of benzene rings is 2. The summed E-state index contributed by atoms with van der Waals surface area (Å²) in [5, 5.41) is 18.7. The molecule has 0 saturated heterocycles. The van der Waals surface area contributed by atoms with Crippen molar-refractivity contribution in [2.24, 2.45) is 0 Å². The Morgan fingerprint density at radius 3 is 2.23 bits per heavy atom. The van der Waals surface area contributed by atoms with Crippen LogP contribution >= 0.6 is 23.2 Å². The lowest BCUT2D eigenvalue weighted by Gasteiger charge is -2.13. The largest absolute Gasteiger partial charge is 0.508 e. The summed E-state index contributed by atoms with van der Waals surface area (Å²) < 4.78 is 4.18. The first kappa shape index (κ1) is 16.5. The number of phenols is 1. The highest BCUT2D eigenvalue weighted by molar-refractivity contribution is 6.50. The molecule has 0 aliphatic heterocycles. The molecule has 0 radical (unpaired) electrons. The molecule has 0 aliphatic rings. The number of rotatable bonds is 4. The zero-order valence-electron chi connectivity index (χ0n) is 12.2. The van der Waals surface area contributed by atoms with E-state index >= 15 is 0 Å². The maximum Gasteiger partial charge on any atom is 0.228 e. The van der Waals surface area contributed by atoms with Gasteiger partial charge in [0.15, 0.2) is 0 Å². The smallest absolute Gasteiger partial charge is 0.228 e. The average Bonchev–Trinajstić information content (AvgIpc) is 2.49. The average molecular weight is 336 g/mol. The van der Waals surface area contributed by atoms with E-state index in [4.69, 9.17) is 33.2 Å². The van der Waals surface area contributed by atoms with Crippen molar-refractivity contribution in [2.45, 2.75) is 24.1 Å². The van der Waals surface area contributed by atoms with E-state index in [-0.39, 0.29) is 11.7 Å². The predicted octanol–water partition coefficient (Wildman–Crippen LogP) is 5.46. The lowest BCUT2D eigenvalue weighted by Crippen LogP contribution is -2.05. The summed E-state index contributed by atoms with van der Waals surface area (Å²) in [5.74, 6) is 1.65. The molecule has 0 fully saturated rings. The van der Waals surface area contributed by atoms with Gasteiger partial charge >= 0.3 is 0 Å². The fourth-order valence-electron chi connectivity index (χ4n) is 1.99. The molecular weight excluding hydrogens is 321 g/mol. The number of ether oxygens (including phenoxy) is 1. The molecule has 0 saturated carbocycles. The summed E-state index contributed by atoms with van der Waals surface area (Å²) in [5.41, 5.74) is 1.30. The molecule has 0 bridgehead atoms. The minimum Gasteiger partial charge on any atom is -0.508 e. The summed E-state index contributed by atoms with van der Waals surface area (Å²) in [6.07, 6.45) is 0. The van der Waals surface area contributed by atoms with Crippen LogP contribution in [0.2, 0.25) is 0 Å². The van der Waals surface area contributed by atoms with Crippen LogP contribution in [-0.4, -0.2) is 5.11 Å². The molecule has 0 amide bonds. The van der Waals surface area contributed by atoms with Crippen molar-refractivity contribution in [1.82, 2.24) is 0 Å². The molecule has 2 aromatic rings. The molecule has 5 heteroatoms. The molecule has 22 heavy (non-hydrogen) atoms. The summed E-state index contributed by atoms with van der Waals surface area (Å²) in [4.78, 5) is 0. The molecule has 0 unspecified atom stereocenters. The van der Waals surface area contributed by atoms with E-state index in [9.17, 15) is 5.11 Å². The van der Waals surface area contributed by atoms with Crippen LogP contribution in [0.1, 0.15) is 30.9 Å². The quantitative estimate of drug-likeness (QED) is 0.754. The first-order valence-electron chi connectivity index (χ1n) is 6.74. The van der Waals surface area contributed by atoms with Gasteiger partial charge in [0.1, 0.15) is 23.3 Å². The molecule has 3 nitrogen and oxygen atoms in total. The van der Waals surface area contributed by atoms with Crippen molar-refractivity contribution in [1.29, 1.82) is 5.26 Å². The minimum atomic E-state index is -1.57. The normalized spacial score (nSPS) is 11.3. The Morgan fingerprint density at radius 2 is 1.68 bits per heavy atom. The third-order valence-electron chi connectivity index (χ3n) is 3.21. The van der Waals surface area contributed by atoms with E-state index in [2.05, 4.69) is 0 Å². The molecule has 0 heterocycles. The highest BCUT2D eigenvalue weighted by Crippen LogP contribution is 2.35. The molecule has 0 spiro atoms. The van der Waals surface area contributed by atoms with Crippen LogP contribution < -0.4 is 4.74 Å². The molecular formula is C17H15Cl2NO2. The second-order valence-corrected chi connectivity index (χ2v) is 6.52. The minimum absolute atomic E-state index is 0.190. The van der Waals surface area contributed by atoms with Crippen LogP contribution in [-0.2, 0) is 4.33 Å². The van der Waals surface area contributed by atoms with E-state index < -0.39 is 4.33 Å². The second kappa shape index (κ2) is 6.48. The second-order valence-electron chi connectivity index (χ2n) is 5.19. The SMILES string of the molecule is CC(C)c1cc(Oc2ccc(C(Cl)(Cl)C#N)cc2)ccc1O. The van der Waals surface area contributed by atoms with Crippen LogP contribution in [0.25, 0.3) is 0 Å². The topological polar surface area (TPSA) is 53.2 Å². The van der Waals surface area contributed by atoms with Crippen LogP contribution in [0.4, 0.5) is 0 Å². The van der Waals surface area contributed by atoms with E-state index in [1.54, 1.807) is 42.5 Å². The number of hydrogen-bond donors (Lipinski definition) is 1. The van der Waals surface area contributed by atoms with Crippen LogP contribution in [0.5, 0.6) is 17.2 Å². The zero-order valence-corrected chi connectivity index (χ0v) is 13.7. The number of phenolic OH excluding ortho intramolecular Hbond substituents is 1. The van der Waals surface area contributed by atoms with Gasteiger partial charge in [-0.3, -0.25) is 0 Å². The zero-order chi connectivity index (χ0) is 16.3. The van der Waals surface area contributed by atoms with Gasteiger partial charge in [-0.2, -0.15) is 5.26 Å². The Hall–Kier alpha value is -1.89. The maximum absolute atomic E-state index is 9.81. The van der Waals surface area contributed by atoms with Crippen molar-refractivity contribution in [3.63, 3.8) is 0 Å². The fourth-order valence-corrected chi connectivity index (χ4v) is 2.24. The number of halogens is 2. The Bertz CT molecular complexity index is 704. The molecule has 1 N–H and O–H groups in total. The number of aromatic hydroxyl groups is 1. The number of hydrogen-bond acceptors (Lipinski definition) is 3. The van der Waals surface area contributed by atoms with Crippen molar-refractivity contribution >= 4 is 23.2 Å². The summed E-state index contributed by atoms with van der Waals surface area (Å²) in [7, 11) is 0. The van der Waals surface area contributed by atoms with Crippen molar-refractivity contribution in [3.05, 3.63) is 53.6 Å². The van der Waals surface area contributed by atoms with Crippen LogP contribution in [0.15, 0.2) is 42.5 Å². The highest BCUT2D eigenvalue weighted by Gasteiger charge is 2.25. The summed E-state index contributed by atoms with van der Waals surface area (Å²) in [6.45, 7) is 3.99. The Balaban J connectivity index is 2.22. The highest BCUT2D eigenvalue weighted by atomic mass is 35.5. The standard InChI is InChI=1S/C17H15Cl2NO2/c1-11(2)15-9-14(7-8-16(15)21)22-13-5-3-12(4-6-13)17(18,19)10-20/h3-9,11,21H,1-2H3. The van der Waals surface area contributed by atoms with E-state index in [1.807, 2.05) is 19.9 Å². The number of nitriles is 1. The third-order valence-corrected chi connectivity index (χ3v) is 3.82. The van der Waals surface area contributed by atoms with E-state index in [1.165, 1.54) is 0 Å². The van der Waals surface area contributed by atoms with E-state index in [0.29, 0.717) is 17.1 Å². The van der Waals surface area contributed by atoms with E-state index in [0.717, 1.165) is 5.56 Å². The van der Waals surface area contributed by atoms with Gasteiger partial charge in [-0.25, -0.2) is 0 Å². The first-order valence-corrected chi connectivity index (χ1v) is 7.49. The number of nitrogens with zero attached hydrogens (tertiary/aromatic N) is 1. The molecule has 0 aromatic heterocycles. The Morgan fingerprint density at radius 1 is 1.09 bits per heavy atom. The van der Waals surface area contributed by atoms with Gasteiger partial charge in [-0.1, -0.05) is 49.2 Å². The van der Waals surface area contributed by atoms with Gasteiger partial charge in [0.25, 0.3) is 0 Å². The Labute approximate surface area is 139 Å². The first-order chi connectivity index (χ1) is 10.3. The van der Waals surface area contributed by atoms with Crippen molar-refractivity contribution in [2.75, 3.05) is 0 Å². The van der Waals surface area contributed by atoms with Crippen LogP contribution in [0.3, 0.4) is 0 Å². The van der Waals surface area contributed by atoms with Gasteiger partial charge in [0.2, 0.25) is 4.33 Å². The third kappa shape index (κ3) is 3.65. The lowest BCUT2D eigenvalue weighted by atomic mass is 10.0. The molecule has 2 aromatic carbocycles. The monoisotopic (exact) mass is 335 g/mol. The molecule has 0 aliphatic carbocycles. The summed E-state index contributed by atoms with van der Waals surface area (Å²) in [6, 6.07) is 13.6. The van der Waals surface area contributed by atoms with Gasteiger partial charge in [-0.15, -0.1) is 0 Å². The van der Waals surface area contributed by atoms with Crippen molar-refractivity contribution < 1.29 is 9.84 Å². The van der Waals surface area contributed by atoms with Gasteiger partial charge in [-0.05, 0) is 36.2 Å². The van der Waals surface area contributed by atoms with Crippen molar-refractivity contribution in [3.8, 4) is 23.3 Å². The van der Waals surface area contributed by atoms with Gasteiger partial charge < -0.3 is 9.84 Å². The van der Waals surface area contributed by atoms with Gasteiger partial charge in [0.05, 0.1) is 0 Å². The lowest BCUT2D eigenvalue weighted by molar-refractivity contribution is 0.454. The van der Waals surface area contributed by atoms with Crippen LogP contribution in [0, 0.1) is 11.3 Å². The number of alkyl halides is 2. The Kier molecular flexibility index (Phi) is 4.85.